The normalized spacial score (nSPS) is 11.7. The number of hydrogen-bond acceptors (Lipinski definition) is 6. The Morgan fingerprint density at radius 3 is 2.49 bits per heavy atom. The van der Waals surface area contributed by atoms with E-state index in [1.807, 2.05) is 35.9 Å². The van der Waals surface area contributed by atoms with Crippen molar-refractivity contribution >= 4 is 17.4 Å². The summed E-state index contributed by atoms with van der Waals surface area (Å²) in [6.07, 6.45) is -0.636. The monoisotopic (exact) mass is 525 g/mol. The first-order valence-corrected chi connectivity index (χ1v) is 12.2. The Kier molecular flexibility index (Phi) is 6.79. The van der Waals surface area contributed by atoms with Crippen LogP contribution in [-0.4, -0.2) is 31.3 Å². The number of ether oxygens (including phenoxy) is 2. The van der Waals surface area contributed by atoms with Crippen molar-refractivity contribution < 1.29 is 22.6 Å². The SMILES string of the molecule is COc1ccc(OCc2nnc(SCc3cn4cccc(C)c4n3)n2-c2cccc(C(F)(F)F)c2)cc1. The van der Waals surface area contributed by atoms with Crippen molar-refractivity contribution in [3.05, 3.63) is 95.7 Å². The Hall–Kier alpha value is -3.99. The third kappa shape index (κ3) is 5.41. The van der Waals surface area contributed by atoms with Crippen LogP contribution in [0.3, 0.4) is 0 Å². The lowest BCUT2D eigenvalue weighted by Gasteiger charge is -2.13. The Labute approximate surface area is 214 Å². The molecule has 0 aliphatic carbocycles. The highest BCUT2D eigenvalue weighted by Gasteiger charge is 2.31. The standard InChI is InChI=1S/C26H22F3N5O2S/c1-17-5-4-12-33-14-19(30-24(17)33)16-37-25-32-31-23(15-36-22-10-8-21(35-2)9-11-22)34(25)20-7-3-6-18(13-20)26(27,28)29/h3-14H,15-16H2,1-2H3. The van der Waals surface area contributed by atoms with Gasteiger partial charge in [-0.1, -0.05) is 23.9 Å². The first kappa shape index (κ1) is 24.7. The largest absolute Gasteiger partial charge is 0.497 e. The molecule has 0 spiro atoms. The Bertz CT molecular complexity index is 1530. The minimum Gasteiger partial charge on any atom is -0.497 e. The second-order valence-corrected chi connectivity index (χ2v) is 9.13. The van der Waals surface area contributed by atoms with Gasteiger partial charge >= 0.3 is 6.18 Å². The summed E-state index contributed by atoms with van der Waals surface area (Å²) in [5.74, 6) is 2.06. The van der Waals surface area contributed by atoms with Crippen LogP contribution in [0.4, 0.5) is 13.2 Å². The Morgan fingerprint density at radius 2 is 1.76 bits per heavy atom. The molecule has 0 saturated carbocycles. The van der Waals surface area contributed by atoms with E-state index in [0.29, 0.717) is 33.9 Å². The molecule has 5 aromatic rings. The van der Waals surface area contributed by atoms with Gasteiger partial charge in [0.2, 0.25) is 0 Å². The van der Waals surface area contributed by atoms with Crippen LogP contribution in [0.5, 0.6) is 11.5 Å². The predicted octanol–water partition coefficient (Wildman–Crippen LogP) is 6.12. The number of pyridine rings is 1. The van der Waals surface area contributed by atoms with E-state index in [4.69, 9.17) is 9.47 Å². The maximum atomic E-state index is 13.5. The fourth-order valence-corrected chi connectivity index (χ4v) is 4.65. The zero-order valence-corrected chi connectivity index (χ0v) is 20.8. The summed E-state index contributed by atoms with van der Waals surface area (Å²) in [4.78, 5) is 4.67. The maximum Gasteiger partial charge on any atom is 0.416 e. The number of halogens is 3. The maximum absolute atomic E-state index is 13.5. The van der Waals surface area contributed by atoms with E-state index in [2.05, 4.69) is 15.2 Å². The molecule has 0 radical (unpaired) electrons. The highest BCUT2D eigenvalue weighted by molar-refractivity contribution is 7.98. The van der Waals surface area contributed by atoms with E-state index < -0.39 is 11.7 Å². The highest BCUT2D eigenvalue weighted by atomic mass is 32.2. The second kappa shape index (κ2) is 10.2. The van der Waals surface area contributed by atoms with Crippen molar-refractivity contribution in [2.75, 3.05) is 7.11 Å². The molecule has 0 atom stereocenters. The molecule has 190 valence electrons. The average molecular weight is 526 g/mol. The van der Waals surface area contributed by atoms with Crippen LogP contribution in [0.1, 0.15) is 22.6 Å². The third-order valence-electron chi connectivity index (χ3n) is 5.64. The van der Waals surface area contributed by atoms with E-state index >= 15 is 0 Å². The van der Waals surface area contributed by atoms with Gasteiger partial charge in [-0.25, -0.2) is 4.98 Å². The minimum absolute atomic E-state index is 0.00366. The fraction of sp³-hybridized carbons (Fsp3) is 0.192. The number of methoxy groups -OCH3 is 1. The molecular weight excluding hydrogens is 503 g/mol. The zero-order valence-electron chi connectivity index (χ0n) is 19.9. The summed E-state index contributed by atoms with van der Waals surface area (Å²) in [7, 11) is 1.57. The number of alkyl halides is 3. The van der Waals surface area contributed by atoms with Crippen LogP contribution in [0.2, 0.25) is 0 Å². The van der Waals surface area contributed by atoms with E-state index in [1.54, 1.807) is 42.0 Å². The van der Waals surface area contributed by atoms with Gasteiger partial charge in [-0.05, 0) is 61.0 Å². The van der Waals surface area contributed by atoms with Crippen molar-refractivity contribution in [1.82, 2.24) is 24.1 Å². The van der Waals surface area contributed by atoms with E-state index in [-0.39, 0.29) is 6.61 Å². The van der Waals surface area contributed by atoms with Crippen LogP contribution in [0.15, 0.2) is 78.2 Å². The molecule has 11 heteroatoms. The van der Waals surface area contributed by atoms with E-state index in [0.717, 1.165) is 29.0 Å². The number of imidazole rings is 1. The summed E-state index contributed by atoms with van der Waals surface area (Å²) in [6, 6.07) is 16.0. The fourth-order valence-electron chi connectivity index (χ4n) is 3.80. The van der Waals surface area contributed by atoms with E-state index in [1.165, 1.54) is 17.8 Å². The van der Waals surface area contributed by atoms with Crippen LogP contribution >= 0.6 is 11.8 Å². The van der Waals surface area contributed by atoms with Gasteiger partial charge in [0.05, 0.1) is 24.1 Å². The summed E-state index contributed by atoms with van der Waals surface area (Å²) < 4.78 is 54.9. The Balaban J connectivity index is 1.45. The van der Waals surface area contributed by atoms with Crippen molar-refractivity contribution in [3.63, 3.8) is 0 Å². The van der Waals surface area contributed by atoms with Crippen LogP contribution in [0, 0.1) is 6.92 Å². The molecule has 7 nitrogen and oxygen atoms in total. The van der Waals surface area contributed by atoms with Gasteiger partial charge in [0, 0.05) is 18.1 Å². The van der Waals surface area contributed by atoms with Crippen molar-refractivity contribution in [3.8, 4) is 17.2 Å². The van der Waals surface area contributed by atoms with Gasteiger partial charge < -0.3 is 13.9 Å². The topological polar surface area (TPSA) is 66.5 Å². The van der Waals surface area contributed by atoms with Gasteiger partial charge in [-0.15, -0.1) is 10.2 Å². The number of aromatic nitrogens is 5. The summed E-state index contributed by atoms with van der Waals surface area (Å²) in [5, 5.41) is 8.94. The molecule has 0 saturated heterocycles. The first-order valence-electron chi connectivity index (χ1n) is 11.3. The van der Waals surface area contributed by atoms with Crippen LogP contribution in [0.25, 0.3) is 11.3 Å². The average Bonchev–Trinajstić information content (AvgIpc) is 3.50. The van der Waals surface area contributed by atoms with Gasteiger partial charge in [0.25, 0.3) is 0 Å². The molecule has 0 fully saturated rings. The number of aryl methyl sites for hydroxylation is 1. The molecule has 0 bridgehead atoms. The molecule has 3 aromatic heterocycles. The van der Waals surface area contributed by atoms with Gasteiger partial charge in [-0.3, -0.25) is 4.57 Å². The zero-order chi connectivity index (χ0) is 26.0. The van der Waals surface area contributed by atoms with Gasteiger partial charge in [-0.2, -0.15) is 13.2 Å². The van der Waals surface area contributed by atoms with Crippen molar-refractivity contribution in [2.24, 2.45) is 0 Å². The molecule has 3 heterocycles. The summed E-state index contributed by atoms with van der Waals surface area (Å²) in [6.45, 7) is 1.99. The second-order valence-electron chi connectivity index (χ2n) is 8.19. The molecule has 0 unspecified atom stereocenters. The lowest BCUT2D eigenvalue weighted by Crippen LogP contribution is -2.09. The number of hydrogen-bond donors (Lipinski definition) is 0. The number of fused-ring (bicyclic) bond motifs is 1. The highest BCUT2D eigenvalue weighted by Crippen LogP contribution is 2.32. The predicted molar refractivity (Wildman–Crippen MR) is 133 cm³/mol. The van der Waals surface area contributed by atoms with Crippen molar-refractivity contribution in [2.45, 2.75) is 30.6 Å². The molecule has 0 amide bonds. The number of nitrogens with zero attached hydrogens (tertiary/aromatic N) is 5. The summed E-state index contributed by atoms with van der Waals surface area (Å²) in [5.41, 5.74) is 2.25. The molecule has 2 aromatic carbocycles. The minimum atomic E-state index is -4.48. The van der Waals surface area contributed by atoms with E-state index in [9.17, 15) is 13.2 Å². The van der Waals surface area contributed by atoms with Gasteiger partial charge in [0.15, 0.2) is 11.0 Å². The molecule has 0 aliphatic rings. The quantitative estimate of drug-likeness (QED) is 0.227. The van der Waals surface area contributed by atoms with Gasteiger partial charge in [0.1, 0.15) is 23.8 Å². The number of benzene rings is 2. The first-order chi connectivity index (χ1) is 17.8. The summed E-state index contributed by atoms with van der Waals surface area (Å²) >= 11 is 1.34. The number of thioether (sulfide) groups is 1. The molecule has 5 rings (SSSR count). The smallest absolute Gasteiger partial charge is 0.416 e. The van der Waals surface area contributed by atoms with Crippen molar-refractivity contribution in [1.29, 1.82) is 0 Å². The molecular formula is C26H22F3N5O2S. The number of rotatable bonds is 8. The lowest BCUT2D eigenvalue weighted by atomic mass is 10.2. The molecule has 37 heavy (non-hydrogen) atoms. The lowest BCUT2D eigenvalue weighted by molar-refractivity contribution is -0.137. The van der Waals surface area contributed by atoms with Crippen LogP contribution < -0.4 is 9.47 Å². The molecule has 0 aliphatic heterocycles. The molecule has 0 N–H and O–H groups in total. The Morgan fingerprint density at radius 1 is 0.973 bits per heavy atom. The third-order valence-corrected chi connectivity index (χ3v) is 6.60. The van der Waals surface area contributed by atoms with Crippen LogP contribution in [-0.2, 0) is 18.5 Å².